The number of aliphatic hydroxyl groups excluding tert-OH is 1. The van der Waals surface area contributed by atoms with Gasteiger partial charge in [0.15, 0.2) is 0 Å². The average molecular weight is 234 g/mol. The number of hydrogen-bond donors (Lipinski definition) is 3. The van der Waals surface area contributed by atoms with Crippen molar-refractivity contribution in [1.82, 2.24) is 14.9 Å². The third kappa shape index (κ3) is 3.46. The molecule has 0 aliphatic heterocycles. The molecule has 1 atom stereocenters. The van der Waals surface area contributed by atoms with Crippen molar-refractivity contribution < 1.29 is 10.2 Å². The molecule has 0 amide bonds. The summed E-state index contributed by atoms with van der Waals surface area (Å²) in [5.41, 5.74) is -1.10. The first-order valence-corrected chi connectivity index (χ1v) is 5.04. The molecule has 0 aromatic carbocycles. The van der Waals surface area contributed by atoms with Crippen molar-refractivity contribution in [3.05, 3.63) is 17.2 Å². The van der Waals surface area contributed by atoms with Crippen molar-refractivity contribution in [1.29, 1.82) is 0 Å². The van der Waals surface area contributed by atoms with Crippen molar-refractivity contribution in [2.24, 2.45) is 7.05 Å². The first kappa shape index (κ1) is 12.4. The Balaban J connectivity index is 2.42. The van der Waals surface area contributed by atoms with Crippen LogP contribution in [0.5, 0.6) is 0 Å². The summed E-state index contributed by atoms with van der Waals surface area (Å²) in [6.45, 7) is 2.08. The zero-order chi connectivity index (χ0) is 11.5. The molecular weight excluding hydrogens is 218 g/mol. The molecule has 5 nitrogen and oxygen atoms in total. The second kappa shape index (κ2) is 4.94. The van der Waals surface area contributed by atoms with Crippen molar-refractivity contribution in [3.63, 3.8) is 0 Å². The molecule has 15 heavy (non-hydrogen) atoms. The minimum absolute atomic E-state index is 0.276. The van der Waals surface area contributed by atoms with E-state index in [1.54, 1.807) is 17.7 Å². The lowest BCUT2D eigenvalue weighted by Crippen LogP contribution is -2.40. The van der Waals surface area contributed by atoms with Crippen molar-refractivity contribution in [2.75, 3.05) is 13.2 Å². The van der Waals surface area contributed by atoms with Crippen molar-refractivity contribution >= 4 is 11.6 Å². The monoisotopic (exact) mass is 233 g/mol. The van der Waals surface area contributed by atoms with Gasteiger partial charge in [0.1, 0.15) is 11.0 Å². The van der Waals surface area contributed by atoms with Gasteiger partial charge in [0, 0.05) is 13.6 Å². The number of nitrogens with zero attached hydrogens (tertiary/aromatic N) is 2. The molecule has 0 saturated heterocycles. The molecular formula is C9H16ClN3O2. The molecule has 0 aliphatic rings. The fourth-order valence-electron chi connectivity index (χ4n) is 1.09. The summed E-state index contributed by atoms with van der Waals surface area (Å²) in [6, 6.07) is 0. The molecule has 6 heteroatoms. The molecule has 0 spiro atoms. The first-order valence-electron chi connectivity index (χ1n) is 4.66. The Morgan fingerprint density at radius 1 is 1.67 bits per heavy atom. The minimum atomic E-state index is -1.10. The quantitative estimate of drug-likeness (QED) is 0.665. The van der Waals surface area contributed by atoms with Gasteiger partial charge in [-0.3, -0.25) is 0 Å². The Labute approximate surface area is 93.7 Å². The molecule has 1 heterocycles. The zero-order valence-electron chi connectivity index (χ0n) is 8.87. The summed E-state index contributed by atoms with van der Waals surface area (Å²) in [4.78, 5) is 4.09. The zero-order valence-corrected chi connectivity index (χ0v) is 9.62. The third-order valence-corrected chi connectivity index (χ3v) is 2.51. The first-order chi connectivity index (χ1) is 6.96. The maximum Gasteiger partial charge on any atom is 0.128 e. The molecule has 1 unspecified atom stereocenters. The summed E-state index contributed by atoms with van der Waals surface area (Å²) < 4.78 is 1.75. The molecule has 1 rings (SSSR count). The van der Waals surface area contributed by atoms with Gasteiger partial charge in [-0.25, -0.2) is 4.98 Å². The Kier molecular flexibility index (Phi) is 4.10. The Morgan fingerprint density at radius 3 is 2.80 bits per heavy atom. The van der Waals surface area contributed by atoms with E-state index in [0.717, 1.165) is 5.82 Å². The van der Waals surface area contributed by atoms with E-state index in [2.05, 4.69) is 10.3 Å². The van der Waals surface area contributed by atoms with Crippen LogP contribution in [0.4, 0.5) is 0 Å². The fourth-order valence-corrected chi connectivity index (χ4v) is 1.23. The fraction of sp³-hybridized carbons (Fsp3) is 0.667. The molecule has 3 N–H and O–H groups in total. The van der Waals surface area contributed by atoms with Crippen LogP contribution in [-0.4, -0.2) is 38.5 Å². The maximum absolute atomic E-state index is 9.51. The molecule has 0 radical (unpaired) electrons. The van der Waals surface area contributed by atoms with Gasteiger partial charge >= 0.3 is 0 Å². The van der Waals surface area contributed by atoms with Crippen LogP contribution in [0.3, 0.4) is 0 Å². The highest BCUT2D eigenvalue weighted by Crippen LogP contribution is 2.08. The van der Waals surface area contributed by atoms with Gasteiger partial charge in [-0.15, -0.1) is 0 Å². The molecule has 86 valence electrons. The number of aromatic nitrogens is 2. The number of nitrogens with one attached hydrogen (secondary N) is 1. The minimum Gasteiger partial charge on any atom is -0.393 e. The van der Waals surface area contributed by atoms with Crippen LogP contribution in [0.2, 0.25) is 5.15 Å². The summed E-state index contributed by atoms with van der Waals surface area (Å²) in [5.74, 6) is 0.786. The summed E-state index contributed by atoms with van der Waals surface area (Å²) in [5, 5.41) is 21.9. The van der Waals surface area contributed by atoms with E-state index >= 15 is 0 Å². The van der Waals surface area contributed by atoms with Gasteiger partial charge in [-0.2, -0.15) is 0 Å². The number of hydrogen-bond acceptors (Lipinski definition) is 4. The van der Waals surface area contributed by atoms with Gasteiger partial charge in [-0.05, 0) is 6.92 Å². The van der Waals surface area contributed by atoms with Crippen molar-refractivity contribution in [3.8, 4) is 0 Å². The van der Waals surface area contributed by atoms with Gasteiger partial charge in [-0.1, -0.05) is 11.6 Å². The Morgan fingerprint density at radius 2 is 2.33 bits per heavy atom. The highest BCUT2D eigenvalue weighted by atomic mass is 35.5. The average Bonchev–Trinajstić information content (AvgIpc) is 2.49. The third-order valence-electron chi connectivity index (χ3n) is 2.16. The van der Waals surface area contributed by atoms with E-state index in [0.29, 0.717) is 18.2 Å². The predicted molar refractivity (Wildman–Crippen MR) is 57.6 cm³/mol. The Bertz CT molecular complexity index is 325. The molecule has 0 fully saturated rings. The largest absolute Gasteiger partial charge is 0.393 e. The van der Waals surface area contributed by atoms with Gasteiger partial charge in [0.25, 0.3) is 0 Å². The van der Waals surface area contributed by atoms with Crippen LogP contribution in [0.1, 0.15) is 12.7 Å². The molecule has 1 aromatic rings. The van der Waals surface area contributed by atoms with E-state index in [1.807, 2.05) is 7.05 Å². The summed E-state index contributed by atoms with van der Waals surface area (Å²) >= 11 is 5.81. The molecule has 0 aliphatic carbocycles. The number of rotatable bonds is 5. The standard InChI is InChI=1S/C9H16ClN3O2/c1-9(15,6-14)5-11-4-8-12-3-7(10)13(8)2/h3,11,14-15H,4-6H2,1-2H3. The highest BCUT2D eigenvalue weighted by molar-refractivity contribution is 6.29. The molecule has 0 saturated carbocycles. The van der Waals surface area contributed by atoms with Crippen LogP contribution >= 0.6 is 11.6 Å². The maximum atomic E-state index is 9.51. The normalized spacial score (nSPS) is 15.3. The molecule has 0 bridgehead atoms. The molecule has 1 aromatic heterocycles. The van der Waals surface area contributed by atoms with Crippen LogP contribution in [0.25, 0.3) is 0 Å². The smallest absolute Gasteiger partial charge is 0.128 e. The number of aliphatic hydroxyl groups is 2. The number of halogens is 1. The van der Waals surface area contributed by atoms with Crippen LogP contribution in [0, 0.1) is 0 Å². The number of imidazole rings is 1. The van der Waals surface area contributed by atoms with Crippen LogP contribution in [0.15, 0.2) is 6.20 Å². The van der Waals surface area contributed by atoms with Gasteiger partial charge < -0.3 is 20.1 Å². The summed E-state index contributed by atoms with van der Waals surface area (Å²) in [7, 11) is 1.82. The van der Waals surface area contributed by atoms with Gasteiger partial charge in [0.2, 0.25) is 0 Å². The lowest BCUT2D eigenvalue weighted by atomic mass is 10.1. The van der Waals surface area contributed by atoms with E-state index in [9.17, 15) is 5.11 Å². The van der Waals surface area contributed by atoms with Gasteiger partial charge in [0.05, 0.1) is 24.9 Å². The van der Waals surface area contributed by atoms with E-state index < -0.39 is 5.60 Å². The van der Waals surface area contributed by atoms with E-state index in [-0.39, 0.29) is 6.61 Å². The van der Waals surface area contributed by atoms with Crippen LogP contribution < -0.4 is 5.32 Å². The summed E-state index contributed by atoms with van der Waals surface area (Å²) in [6.07, 6.45) is 1.57. The lowest BCUT2D eigenvalue weighted by molar-refractivity contribution is 0.00239. The highest BCUT2D eigenvalue weighted by Gasteiger charge is 2.18. The lowest BCUT2D eigenvalue weighted by Gasteiger charge is -2.20. The predicted octanol–water partition coefficient (Wildman–Crippen LogP) is -0.0936. The Hall–Kier alpha value is -0.620. The van der Waals surface area contributed by atoms with Crippen molar-refractivity contribution in [2.45, 2.75) is 19.1 Å². The second-order valence-corrected chi connectivity index (χ2v) is 4.20. The van der Waals surface area contributed by atoms with E-state index in [1.165, 1.54) is 0 Å². The second-order valence-electron chi connectivity index (χ2n) is 3.81. The topological polar surface area (TPSA) is 70.3 Å². The van der Waals surface area contributed by atoms with Crippen LogP contribution in [-0.2, 0) is 13.6 Å². The van der Waals surface area contributed by atoms with E-state index in [4.69, 9.17) is 16.7 Å². The SMILES string of the molecule is Cn1c(Cl)cnc1CNCC(C)(O)CO.